The third-order valence-electron chi connectivity index (χ3n) is 12.9. The zero-order chi connectivity index (χ0) is 57.7. The fourth-order valence-electron chi connectivity index (χ4n) is 9.39. The summed E-state index contributed by atoms with van der Waals surface area (Å²) in [4.78, 5) is 90.7. The molecule has 5 aromatic rings. The first-order valence-corrected chi connectivity index (χ1v) is 26.8. The molecule has 3 saturated heterocycles. The Hall–Kier alpha value is -6.55. The fraction of sp³-hybridized carbons (Fsp3) is 0.474. The van der Waals surface area contributed by atoms with Gasteiger partial charge in [0, 0.05) is 98.2 Å². The lowest BCUT2D eigenvalue weighted by Gasteiger charge is -2.38. The first-order valence-electron chi connectivity index (χ1n) is 26.5. The highest BCUT2D eigenvalue weighted by molar-refractivity contribution is 6.16. The van der Waals surface area contributed by atoms with E-state index in [2.05, 4.69) is 36.2 Å². The summed E-state index contributed by atoms with van der Waals surface area (Å²) < 4.78 is 64.7. The molecular weight excluding hydrogens is 1050 g/mol. The molecule has 5 heterocycles. The molecule has 3 radical (unpaired) electrons. The van der Waals surface area contributed by atoms with Crippen LogP contribution in [0.4, 0.5) is 23.2 Å². The van der Waals surface area contributed by atoms with Gasteiger partial charge < -0.3 is 19.4 Å². The number of carbonyl (C=O) groups excluding carboxylic acids is 5. The van der Waals surface area contributed by atoms with Gasteiger partial charge in [-0.15, -0.1) is 0 Å². The summed E-state index contributed by atoms with van der Waals surface area (Å²) in [7, 11) is 1.39. The summed E-state index contributed by atoms with van der Waals surface area (Å²) in [6.07, 6.45) is -1.62. The van der Waals surface area contributed by atoms with E-state index in [1.165, 1.54) is 63.6 Å². The minimum Gasteiger partial charge on any atom is -0.375 e. The number of anilines is 1. The largest absolute Gasteiger partial charge is 0.393 e. The van der Waals surface area contributed by atoms with Crippen LogP contribution in [0.2, 0.25) is 0 Å². The number of rotatable bonds is 11. The lowest BCUT2D eigenvalue weighted by molar-refractivity contribution is -0.135. The number of alkyl halides is 3. The Balaban J connectivity index is 0.00000155. The molecule has 79 heavy (non-hydrogen) atoms. The van der Waals surface area contributed by atoms with E-state index in [1.807, 2.05) is 47.6 Å². The number of hydrogen-bond acceptors (Lipinski definition) is 11. The lowest BCUT2D eigenvalue weighted by atomic mass is 10.0. The van der Waals surface area contributed by atoms with Gasteiger partial charge in [-0.05, 0) is 66.6 Å². The van der Waals surface area contributed by atoms with Crippen molar-refractivity contribution in [1.29, 1.82) is 0 Å². The normalized spacial score (nSPS) is 14.8. The third-order valence-corrected chi connectivity index (χ3v) is 12.9. The molecule has 3 aromatic carbocycles. The predicted octanol–water partition coefficient (Wildman–Crippen LogP) is 9.27. The van der Waals surface area contributed by atoms with Crippen molar-refractivity contribution >= 4 is 66.3 Å². The van der Waals surface area contributed by atoms with Crippen molar-refractivity contribution in [1.82, 2.24) is 34.8 Å². The van der Waals surface area contributed by atoms with Crippen molar-refractivity contribution in [3.8, 4) is 11.1 Å². The van der Waals surface area contributed by atoms with Crippen molar-refractivity contribution in [2.75, 3.05) is 70.9 Å². The van der Waals surface area contributed by atoms with Gasteiger partial charge in [-0.2, -0.15) is 18.3 Å². The number of carbonyl (C=O) groups is 5. The molecule has 3 fully saturated rings. The number of nitrogens with one attached hydrogen (secondary N) is 1. The number of imide groups is 1. The Morgan fingerprint density at radius 2 is 1.27 bits per heavy atom. The van der Waals surface area contributed by atoms with Gasteiger partial charge in [0.1, 0.15) is 5.82 Å². The van der Waals surface area contributed by atoms with E-state index in [9.17, 15) is 41.9 Å². The molecule has 22 heteroatoms. The van der Waals surface area contributed by atoms with Crippen LogP contribution in [0.3, 0.4) is 0 Å². The lowest BCUT2D eigenvalue weighted by Crippen LogP contribution is -2.53. The van der Waals surface area contributed by atoms with Crippen LogP contribution < -0.4 is 10.5 Å². The maximum absolute atomic E-state index is 15.1. The first-order chi connectivity index (χ1) is 37.4. The van der Waals surface area contributed by atoms with Crippen molar-refractivity contribution in [3.05, 3.63) is 123 Å². The molecule has 0 spiro atoms. The van der Waals surface area contributed by atoms with Gasteiger partial charge in [-0.3, -0.25) is 38.0 Å². The van der Waals surface area contributed by atoms with Crippen LogP contribution in [0.25, 0.3) is 21.9 Å². The van der Waals surface area contributed by atoms with E-state index in [0.717, 1.165) is 4.90 Å². The monoisotopic (exact) mass is 1120 g/mol. The molecule has 2 aromatic heterocycles. The Labute approximate surface area is 467 Å². The molecule has 427 valence electrons. The van der Waals surface area contributed by atoms with E-state index in [-0.39, 0.29) is 80.7 Å². The molecule has 16 nitrogen and oxygen atoms in total. The van der Waals surface area contributed by atoms with Crippen molar-refractivity contribution in [3.63, 3.8) is 0 Å². The molecule has 8 rings (SSSR count). The SMILES string of the molecule is CC.CC.CC.CC(=O)N(C(C)=O)c1cc(-c2cccc(CC(F)(F)F)c2)cnc1C(=O)N1CCC(OC2CCN(CC(=O)N3CCN(C(=O)c4cc(Cc5n[nH]c(=O)c6ccccc56)ccc4F)CC3)CC2)CC1.COCl.[B]. The number of ether oxygens (including phenoxy) is 1. The fourth-order valence-corrected chi connectivity index (χ4v) is 9.39. The van der Waals surface area contributed by atoms with Gasteiger partial charge in [-0.1, -0.05) is 90.1 Å². The molecule has 5 amide bonds. The number of pyridine rings is 1. The number of aromatic nitrogens is 3. The minimum absolute atomic E-state index is 0. The summed E-state index contributed by atoms with van der Waals surface area (Å²) in [6, 6.07) is 18.7. The number of benzene rings is 3. The highest BCUT2D eigenvalue weighted by atomic mass is 35.5. The number of H-pyrrole nitrogens is 1. The molecular formula is C57H73BClF4N8O8. The predicted molar refractivity (Wildman–Crippen MR) is 299 cm³/mol. The highest BCUT2D eigenvalue weighted by Crippen LogP contribution is 2.32. The zero-order valence-electron chi connectivity index (χ0n) is 46.6. The van der Waals surface area contributed by atoms with Crippen LogP contribution in [-0.2, 0) is 36.3 Å². The first kappa shape index (κ1) is 66.7. The Morgan fingerprint density at radius 1 is 0.709 bits per heavy atom. The average Bonchev–Trinajstić information content (AvgIpc) is 3.45. The van der Waals surface area contributed by atoms with Crippen LogP contribution in [-0.4, -0.2) is 157 Å². The van der Waals surface area contributed by atoms with E-state index < -0.39 is 42.0 Å². The maximum Gasteiger partial charge on any atom is 0.393 e. The standard InChI is InChI=1S/C50H52F4N8O7.3C2H6.CH3ClO.B/c1-31(63)62(32(2)64)44-27-36(35-7-5-6-34(24-35)28-50(52,53)54)29-55-46(44)49(68)60-18-14-38(15-19-60)69-37-12-16-58(17-13-37)30-45(65)59-20-22-61(23-21-59)48(67)41-25-33(10-11-42(41)51)26-43-39-8-3-4-9-40(39)47(66)57-56-43;3*1-2;1-3-2;/h3-11,24-25,27,29,37-38H,12-23,26,28,30H2,1-2H3,(H,57,66);3*1-2H3;1H3;. The van der Waals surface area contributed by atoms with Crippen LogP contribution in [0.5, 0.6) is 0 Å². The molecule has 0 saturated carbocycles. The summed E-state index contributed by atoms with van der Waals surface area (Å²) in [5, 5.41) is 7.88. The molecule has 0 unspecified atom stereocenters. The van der Waals surface area contributed by atoms with E-state index in [0.29, 0.717) is 98.1 Å². The number of nitrogens with zero attached hydrogens (tertiary/aromatic N) is 7. The Morgan fingerprint density at radius 3 is 1.85 bits per heavy atom. The van der Waals surface area contributed by atoms with Gasteiger partial charge in [0.15, 0.2) is 5.69 Å². The summed E-state index contributed by atoms with van der Waals surface area (Å²) >= 11 is 4.50. The van der Waals surface area contributed by atoms with Gasteiger partial charge in [0.05, 0.1) is 66.5 Å². The molecule has 3 aliphatic heterocycles. The van der Waals surface area contributed by atoms with Crippen molar-refractivity contribution in [2.45, 2.75) is 112 Å². The second kappa shape index (κ2) is 32.5. The highest BCUT2D eigenvalue weighted by Gasteiger charge is 2.34. The van der Waals surface area contributed by atoms with Gasteiger partial charge in [-0.25, -0.2) is 19.4 Å². The van der Waals surface area contributed by atoms with E-state index in [1.54, 1.807) is 45.0 Å². The topological polar surface area (TPSA) is 179 Å². The van der Waals surface area contributed by atoms with Crippen LogP contribution in [0.1, 0.15) is 119 Å². The average molecular weight is 1120 g/mol. The Bertz CT molecular complexity index is 2840. The van der Waals surface area contributed by atoms with Gasteiger partial charge >= 0.3 is 6.18 Å². The third kappa shape index (κ3) is 18.5. The smallest absolute Gasteiger partial charge is 0.375 e. The zero-order valence-corrected chi connectivity index (χ0v) is 47.4. The van der Waals surface area contributed by atoms with Crippen LogP contribution in [0.15, 0.2) is 83.8 Å². The number of fused-ring (bicyclic) bond motifs is 1. The van der Waals surface area contributed by atoms with Gasteiger partial charge in [0.25, 0.3) is 17.4 Å². The molecule has 1 N–H and O–H groups in total. The second-order valence-electron chi connectivity index (χ2n) is 17.9. The molecule has 0 aliphatic carbocycles. The number of aromatic amines is 1. The van der Waals surface area contributed by atoms with E-state index in [4.69, 9.17) is 4.74 Å². The molecule has 0 bridgehead atoms. The number of piperazine rings is 1. The van der Waals surface area contributed by atoms with Crippen molar-refractivity contribution in [2.24, 2.45) is 0 Å². The number of likely N-dealkylation sites (tertiary alicyclic amines) is 2. The summed E-state index contributed by atoms with van der Waals surface area (Å²) in [6.45, 7) is 17.7. The number of halogens is 5. The van der Waals surface area contributed by atoms with Crippen molar-refractivity contribution < 1.29 is 50.6 Å². The Kier molecular flexibility index (Phi) is 27.5. The van der Waals surface area contributed by atoms with Gasteiger partial charge in [0.2, 0.25) is 17.7 Å². The molecule has 3 aliphatic rings. The van der Waals surface area contributed by atoms with Crippen LogP contribution >= 0.6 is 11.9 Å². The molecule has 0 atom stereocenters. The quantitative estimate of drug-likeness (QED) is 0.0985. The minimum atomic E-state index is -4.42. The number of piperidine rings is 2. The number of hydrogen-bond donors (Lipinski definition) is 1. The second-order valence-corrected chi connectivity index (χ2v) is 18.2. The summed E-state index contributed by atoms with van der Waals surface area (Å²) in [5.41, 5.74) is 1.44. The maximum atomic E-state index is 15.1. The number of amides is 5. The summed E-state index contributed by atoms with van der Waals surface area (Å²) in [5.74, 6) is -2.95. The van der Waals surface area contributed by atoms with Crippen LogP contribution in [0, 0.1) is 5.82 Å². The van der Waals surface area contributed by atoms with E-state index >= 15 is 4.39 Å².